The van der Waals surface area contributed by atoms with Crippen molar-refractivity contribution in [2.75, 3.05) is 0 Å². The molecule has 1 aromatic rings. The first-order valence-electron chi connectivity index (χ1n) is 7.06. The number of pyridine rings is 1. The Morgan fingerprint density at radius 1 is 1.30 bits per heavy atom. The molecule has 4 atom stereocenters. The number of hydrogen-bond acceptors (Lipinski definition) is 3. The Morgan fingerprint density at radius 2 is 2.05 bits per heavy atom. The third kappa shape index (κ3) is 2.28. The molecule has 5 heteroatoms. The highest BCUT2D eigenvalue weighted by atomic mass is 16.4. The third-order valence-electron chi connectivity index (χ3n) is 4.69. The molecule has 3 rings (SSSR count). The molecular weight excluding hydrogens is 256 g/mol. The summed E-state index contributed by atoms with van der Waals surface area (Å²) in [6.07, 6.45) is 6.22. The minimum atomic E-state index is -0.821. The third-order valence-corrected chi connectivity index (χ3v) is 4.69. The molecule has 106 valence electrons. The molecule has 1 heterocycles. The van der Waals surface area contributed by atoms with Gasteiger partial charge in [0.15, 0.2) is 0 Å². The summed E-state index contributed by atoms with van der Waals surface area (Å²) in [4.78, 5) is 27.7. The lowest BCUT2D eigenvalue weighted by Gasteiger charge is -2.27. The van der Waals surface area contributed by atoms with Crippen LogP contribution in [0.15, 0.2) is 24.5 Å². The predicted molar refractivity (Wildman–Crippen MR) is 71.5 cm³/mol. The first kappa shape index (κ1) is 13.1. The molecule has 2 fully saturated rings. The maximum atomic E-state index is 12.3. The SMILES string of the molecule is O=C(O)C1C2CCC(C2)C1C(=O)NCc1cccnc1. The van der Waals surface area contributed by atoms with Crippen LogP contribution in [-0.4, -0.2) is 22.0 Å². The van der Waals surface area contributed by atoms with Crippen LogP contribution in [0.4, 0.5) is 0 Å². The molecule has 2 aliphatic carbocycles. The summed E-state index contributed by atoms with van der Waals surface area (Å²) in [5, 5.41) is 12.2. The maximum absolute atomic E-state index is 12.3. The Hall–Kier alpha value is -1.91. The molecule has 1 aromatic heterocycles. The molecule has 4 unspecified atom stereocenters. The van der Waals surface area contributed by atoms with Gasteiger partial charge in [-0.2, -0.15) is 0 Å². The molecule has 2 N–H and O–H groups in total. The van der Waals surface area contributed by atoms with Gasteiger partial charge in [-0.3, -0.25) is 14.6 Å². The standard InChI is InChI=1S/C15H18N2O3/c18-14(17-8-9-2-1-5-16-7-9)12-10-3-4-11(6-10)13(12)15(19)20/h1-2,5,7,10-13H,3-4,6,8H2,(H,17,18)(H,19,20). The van der Waals surface area contributed by atoms with Crippen molar-refractivity contribution in [1.29, 1.82) is 0 Å². The average molecular weight is 274 g/mol. The fraction of sp³-hybridized carbons (Fsp3) is 0.533. The van der Waals surface area contributed by atoms with Gasteiger partial charge < -0.3 is 10.4 Å². The smallest absolute Gasteiger partial charge is 0.307 e. The second-order valence-electron chi connectivity index (χ2n) is 5.80. The van der Waals surface area contributed by atoms with Crippen LogP contribution in [0.1, 0.15) is 24.8 Å². The Kier molecular flexibility index (Phi) is 3.42. The summed E-state index contributed by atoms with van der Waals surface area (Å²) in [5.41, 5.74) is 0.927. The van der Waals surface area contributed by atoms with Crippen molar-refractivity contribution in [2.24, 2.45) is 23.7 Å². The van der Waals surface area contributed by atoms with Crippen molar-refractivity contribution < 1.29 is 14.7 Å². The number of aliphatic carboxylic acids is 1. The monoisotopic (exact) mass is 274 g/mol. The van der Waals surface area contributed by atoms with Gasteiger partial charge in [0.2, 0.25) is 5.91 Å². The molecule has 2 saturated carbocycles. The molecular formula is C15H18N2O3. The molecule has 1 amide bonds. The van der Waals surface area contributed by atoms with Crippen molar-refractivity contribution in [1.82, 2.24) is 10.3 Å². The van der Waals surface area contributed by atoms with Crippen LogP contribution in [0.3, 0.4) is 0 Å². The minimum Gasteiger partial charge on any atom is -0.481 e. The molecule has 0 spiro atoms. The lowest BCUT2D eigenvalue weighted by Crippen LogP contribution is -2.41. The van der Waals surface area contributed by atoms with Crippen LogP contribution in [0.25, 0.3) is 0 Å². The molecule has 0 saturated heterocycles. The van der Waals surface area contributed by atoms with Gasteiger partial charge in [-0.25, -0.2) is 0 Å². The van der Waals surface area contributed by atoms with E-state index in [0.717, 1.165) is 24.8 Å². The van der Waals surface area contributed by atoms with E-state index in [4.69, 9.17) is 0 Å². The van der Waals surface area contributed by atoms with E-state index in [1.807, 2.05) is 12.1 Å². The number of aromatic nitrogens is 1. The number of carboxylic acids is 1. The fourth-order valence-electron chi connectivity index (χ4n) is 3.83. The first-order valence-corrected chi connectivity index (χ1v) is 7.06. The summed E-state index contributed by atoms with van der Waals surface area (Å²) < 4.78 is 0. The van der Waals surface area contributed by atoms with Gasteiger partial charge >= 0.3 is 5.97 Å². The van der Waals surface area contributed by atoms with Gasteiger partial charge in [-0.15, -0.1) is 0 Å². The van der Waals surface area contributed by atoms with Crippen LogP contribution in [-0.2, 0) is 16.1 Å². The highest BCUT2D eigenvalue weighted by Crippen LogP contribution is 2.52. The van der Waals surface area contributed by atoms with Crippen LogP contribution in [0, 0.1) is 23.7 Å². The van der Waals surface area contributed by atoms with Gasteiger partial charge in [0, 0.05) is 18.9 Å². The minimum absolute atomic E-state index is 0.117. The predicted octanol–water partition coefficient (Wildman–Crippen LogP) is 1.44. The largest absolute Gasteiger partial charge is 0.481 e. The highest BCUT2D eigenvalue weighted by Gasteiger charge is 2.53. The zero-order valence-corrected chi connectivity index (χ0v) is 11.2. The molecule has 2 aliphatic rings. The number of nitrogens with one attached hydrogen (secondary N) is 1. The van der Waals surface area contributed by atoms with Crippen molar-refractivity contribution in [3.8, 4) is 0 Å². The average Bonchev–Trinajstić information content (AvgIpc) is 3.06. The van der Waals surface area contributed by atoms with Crippen molar-refractivity contribution in [3.63, 3.8) is 0 Å². The summed E-state index contributed by atoms with van der Waals surface area (Å²) in [6, 6.07) is 3.71. The fourth-order valence-corrected chi connectivity index (χ4v) is 3.83. The number of hydrogen-bond donors (Lipinski definition) is 2. The molecule has 0 aliphatic heterocycles. The zero-order valence-electron chi connectivity index (χ0n) is 11.2. The number of carboxylic acid groups (broad SMARTS) is 1. The Bertz CT molecular complexity index is 517. The van der Waals surface area contributed by atoms with Crippen molar-refractivity contribution in [2.45, 2.75) is 25.8 Å². The highest BCUT2D eigenvalue weighted by molar-refractivity contribution is 5.86. The van der Waals surface area contributed by atoms with Crippen molar-refractivity contribution in [3.05, 3.63) is 30.1 Å². The van der Waals surface area contributed by atoms with Gasteiger partial charge in [0.05, 0.1) is 11.8 Å². The molecule has 2 bridgehead atoms. The molecule has 0 aromatic carbocycles. The zero-order chi connectivity index (χ0) is 14.1. The summed E-state index contributed by atoms with van der Waals surface area (Å²) in [7, 11) is 0. The van der Waals surface area contributed by atoms with Crippen LogP contribution in [0.2, 0.25) is 0 Å². The Balaban J connectivity index is 1.66. The van der Waals surface area contributed by atoms with E-state index in [1.165, 1.54) is 0 Å². The van der Waals surface area contributed by atoms with E-state index in [-0.39, 0.29) is 23.7 Å². The lowest BCUT2D eigenvalue weighted by atomic mass is 9.78. The quantitative estimate of drug-likeness (QED) is 0.871. The second-order valence-corrected chi connectivity index (χ2v) is 5.80. The lowest BCUT2D eigenvalue weighted by molar-refractivity contribution is -0.149. The number of carbonyl (C=O) groups is 2. The van der Waals surface area contributed by atoms with Gasteiger partial charge in [0.25, 0.3) is 0 Å². The Labute approximate surface area is 117 Å². The van der Waals surface area contributed by atoms with E-state index in [0.29, 0.717) is 6.54 Å². The maximum Gasteiger partial charge on any atom is 0.307 e. The number of rotatable bonds is 4. The van der Waals surface area contributed by atoms with E-state index in [1.54, 1.807) is 12.4 Å². The van der Waals surface area contributed by atoms with E-state index in [9.17, 15) is 14.7 Å². The van der Waals surface area contributed by atoms with Crippen LogP contribution in [0.5, 0.6) is 0 Å². The molecule has 0 radical (unpaired) electrons. The van der Waals surface area contributed by atoms with E-state index < -0.39 is 11.9 Å². The van der Waals surface area contributed by atoms with Gasteiger partial charge in [0.1, 0.15) is 0 Å². The summed E-state index contributed by atoms with van der Waals surface area (Å²) >= 11 is 0. The van der Waals surface area contributed by atoms with E-state index in [2.05, 4.69) is 10.3 Å². The second kappa shape index (κ2) is 5.23. The number of amides is 1. The van der Waals surface area contributed by atoms with Gasteiger partial charge in [-0.1, -0.05) is 6.07 Å². The number of carbonyl (C=O) groups excluding carboxylic acids is 1. The topological polar surface area (TPSA) is 79.3 Å². The number of fused-ring (bicyclic) bond motifs is 2. The number of nitrogens with zero attached hydrogens (tertiary/aromatic N) is 1. The van der Waals surface area contributed by atoms with Crippen LogP contribution >= 0.6 is 0 Å². The van der Waals surface area contributed by atoms with Gasteiger partial charge in [-0.05, 0) is 42.7 Å². The van der Waals surface area contributed by atoms with Crippen molar-refractivity contribution >= 4 is 11.9 Å². The molecule has 20 heavy (non-hydrogen) atoms. The Morgan fingerprint density at radius 3 is 2.70 bits per heavy atom. The summed E-state index contributed by atoms with van der Waals surface area (Å²) in [6.45, 7) is 0.410. The molecule has 5 nitrogen and oxygen atoms in total. The normalized spacial score (nSPS) is 31.2. The van der Waals surface area contributed by atoms with E-state index >= 15 is 0 Å². The van der Waals surface area contributed by atoms with Crippen LogP contribution < -0.4 is 5.32 Å². The summed E-state index contributed by atoms with van der Waals surface area (Å²) in [5.74, 6) is -1.36. The first-order chi connectivity index (χ1) is 9.66.